The van der Waals surface area contributed by atoms with Crippen molar-refractivity contribution in [2.45, 2.75) is 51.9 Å². The molecule has 1 aromatic carbocycles. The highest BCUT2D eigenvalue weighted by Gasteiger charge is 2.06. The molecule has 0 bridgehead atoms. The Morgan fingerprint density at radius 2 is 1.89 bits per heavy atom. The zero-order valence-electron chi connectivity index (χ0n) is 11.5. The van der Waals surface area contributed by atoms with E-state index in [2.05, 4.69) is 49.4 Å². The second-order valence-electron chi connectivity index (χ2n) is 5.11. The van der Waals surface area contributed by atoms with Crippen molar-refractivity contribution in [3.63, 3.8) is 0 Å². The molecule has 0 radical (unpaired) electrons. The van der Waals surface area contributed by atoms with Crippen molar-refractivity contribution in [1.82, 2.24) is 0 Å². The lowest BCUT2D eigenvalue weighted by molar-refractivity contribution is 0.666. The van der Waals surface area contributed by atoms with Gasteiger partial charge in [-0.05, 0) is 42.4 Å². The van der Waals surface area contributed by atoms with E-state index in [-0.39, 0.29) is 0 Å². The highest BCUT2D eigenvalue weighted by Crippen LogP contribution is 2.25. The van der Waals surface area contributed by atoms with Crippen LogP contribution in [0.5, 0.6) is 0 Å². The monoisotopic (exact) mass is 240 g/mol. The second-order valence-corrected chi connectivity index (χ2v) is 5.11. The van der Waals surface area contributed by atoms with Crippen molar-refractivity contribution in [2.24, 2.45) is 0 Å². The van der Waals surface area contributed by atoms with E-state index in [1.165, 1.54) is 61.6 Å². The zero-order chi connectivity index (χ0) is 12.6. The fourth-order valence-corrected chi connectivity index (χ4v) is 2.58. The standard InChI is InChI=1S/C18H24/c1-2-3-4-6-11-17-14-9-10-15-18(17)16-12-7-5-8-13-16/h7,9-10,12-15H,2-6,8,11H2,1H3. The topological polar surface area (TPSA) is 0 Å². The van der Waals surface area contributed by atoms with Crippen LogP contribution < -0.4 is 0 Å². The van der Waals surface area contributed by atoms with Gasteiger partial charge in [-0.2, -0.15) is 0 Å². The van der Waals surface area contributed by atoms with E-state index in [4.69, 9.17) is 0 Å². The maximum absolute atomic E-state index is 2.38. The molecule has 1 aliphatic rings. The Hall–Kier alpha value is -1.30. The first-order valence-corrected chi connectivity index (χ1v) is 7.37. The Morgan fingerprint density at radius 3 is 2.67 bits per heavy atom. The maximum Gasteiger partial charge on any atom is -0.0155 e. The van der Waals surface area contributed by atoms with Crippen molar-refractivity contribution >= 4 is 5.57 Å². The minimum absolute atomic E-state index is 1.19. The van der Waals surface area contributed by atoms with E-state index in [1.54, 1.807) is 0 Å². The predicted molar refractivity (Wildman–Crippen MR) is 80.6 cm³/mol. The molecule has 0 N–H and O–H groups in total. The zero-order valence-corrected chi connectivity index (χ0v) is 11.5. The van der Waals surface area contributed by atoms with Crippen molar-refractivity contribution in [3.05, 3.63) is 53.6 Å². The molecule has 0 unspecified atom stereocenters. The van der Waals surface area contributed by atoms with Crippen LogP contribution in [-0.4, -0.2) is 0 Å². The molecule has 0 atom stereocenters. The number of hydrogen-bond donors (Lipinski definition) is 0. The Kier molecular flexibility index (Phi) is 5.26. The van der Waals surface area contributed by atoms with Crippen molar-refractivity contribution < 1.29 is 0 Å². The molecule has 0 saturated heterocycles. The molecule has 0 aromatic heterocycles. The summed E-state index contributed by atoms with van der Waals surface area (Å²) >= 11 is 0. The summed E-state index contributed by atoms with van der Waals surface area (Å²) in [5, 5.41) is 0. The van der Waals surface area contributed by atoms with Crippen LogP contribution in [0.2, 0.25) is 0 Å². The lowest BCUT2D eigenvalue weighted by Crippen LogP contribution is -1.94. The van der Waals surface area contributed by atoms with Gasteiger partial charge in [0.2, 0.25) is 0 Å². The Balaban J connectivity index is 2.05. The third kappa shape index (κ3) is 3.60. The van der Waals surface area contributed by atoms with Gasteiger partial charge in [0.1, 0.15) is 0 Å². The first-order chi connectivity index (χ1) is 8.92. The lowest BCUT2D eigenvalue weighted by atomic mass is 9.93. The summed E-state index contributed by atoms with van der Waals surface area (Å²) in [6, 6.07) is 8.90. The number of rotatable bonds is 6. The van der Waals surface area contributed by atoms with Gasteiger partial charge in [-0.25, -0.2) is 0 Å². The summed E-state index contributed by atoms with van der Waals surface area (Å²) in [6.45, 7) is 2.27. The molecular weight excluding hydrogens is 216 g/mol. The molecule has 0 heteroatoms. The maximum atomic E-state index is 2.38. The molecule has 96 valence electrons. The van der Waals surface area contributed by atoms with Crippen LogP contribution in [0.1, 0.15) is 56.6 Å². The van der Waals surface area contributed by atoms with Gasteiger partial charge in [0.25, 0.3) is 0 Å². The highest BCUT2D eigenvalue weighted by molar-refractivity contribution is 5.76. The fourth-order valence-electron chi connectivity index (χ4n) is 2.58. The number of allylic oxidation sites excluding steroid dienone is 4. The number of hydrogen-bond acceptors (Lipinski definition) is 0. The summed E-state index contributed by atoms with van der Waals surface area (Å²) < 4.78 is 0. The van der Waals surface area contributed by atoms with Gasteiger partial charge >= 0.3 is 0 Å². The van der Waals surface area contributed by atoms with Gasteiger partial charge in [0.15, 0.2) is 0 Å². The molecule has 0 spiro atoms. The molecule has 0 nitrogen and oxygen atoms in total. The number of aryl methyl sites for hydroxylation is 1. The third-order valence-electron chi connectivity index (χ3n) is 3.62. The summed E-state index contributed by atoms with van der Waals surface area (Å²) in [5.74, 6) is 0. The minimum Gasteiger partial charge on any atom is -0.0836 e. The molecule has 1 aromatic rings. The molecule has 0 saturated carbocycles. The highest BCUT2D eigenvalue weighted by atomic mass is 14.1. The van der Waals surface area contributed by atoms with E-state index in [0.717, 1.165) is 0 Å². The Bertz CT molecular complexity index is 423. The first-order valence-electron chi connectivity index (χ1n) is 7.37. The van der Waals surface area contributed by atoms with Gasteiger partial charge < -0.3 is 0 Å². The van der Waals surface area contributed by atoms with Crippen molar-refractivity contribution in [1.29, 1.82) is 0 Å². The molecule has 0 fully saturated rings. The van der Waals surface area contributed by atoms with Gasteiger partial charge in [-0.15, -0.1) is 0 Å². The second kappa shape index (κ2) is 7.20. The molecule has 18 heavy (non-hydrogen) atoms. The van der Waals surface area contributed by atoms with Crippen LogP contribution in [0.3, 0.4) is 0 Å². The van der Waals surface area contributed by atoms with E-state index < -0.39 is 0 Å². The molecule has 1 aliphatic carbocycles. The molecule has 0 aliphatic heterocycles. The Morgan fingerprint density at radius 1 is 1.00 bits per heavy atom. The molecule has 0 heterocycles. The first kappa shape index (κ1) is 13.1. The normalized spacial score (nSPS) is 14.6. The summed E-state index contributed by atoms with van der Waals surface area (Å²) in [4.78, 5) is 0. The lowest BCUT2D eigenvalue weighted by Gasteiger charge is -2.12. The SMILES string of the molecule is CCCCCCc1ccccc1C1=CCCC=C1. The van der Waals surface area contributed by atoms with Gasteiger partial charge in [0, 0.05) is 0 Å². The van der Waals surface area contributed by atoms with Crippen molar-refractivity contribution in [3.8, 4) is 0 Å². The molecule has 0 amide bonds. The number of unbranched alkanes of at least 4 members (excludes halogenated alkanes) is 3. The fraction of sp³-hybridized carbons (Fsp3) is 0.444. The van der Waals surface area contributed by atoms with Crippen LogP contribution in [-0.2, 0) is 6.42 Å². The van der Waals surface area contributed by atoms with Crippen LogP contribution in [0.4, 0.5) is 0 Å². The van der Waals surface area contributed by atoms with E-state index in [1.807, 2.05) is 0 Å². The van der Waals surface area contributed by atoms with Crippen LogP contribution in [0.25, 0.3) is 5.57 Å². The quantitative estimate of drug-likeness (QED) is 0.572. The Labute approximate surface area is 111 Å². The third-order valence-corrected chi connectivity index (χ3v) is 3.62. The van der Waals surface area contributed by atoms with Gasteiger partial charge in [0.05, 0.1) is 0 Å². The number of benzene rings is 1. The smallest absolute Gasteiger partial charge is 0.0155 e. The molecule has 2 rings (SSSR count). The predicted octanol–water partition coefficient (Wildman–Crippen LogP) is 5.54. The summed E-state index contributed by atoms with van der Waals surface area (Å²) in [7, 11) is 0. The van der Waals surface area contributed by atoms with Crippen LogP contribution in [0, 0.1) is 0 Å². The van der Waals surface area contributed by atoms with E-state index >= 15 is 0 Å². The molecular formula is C18H24. The van der Waals surface area contributed by atoms with E-state index in [0.29, 0.717) is 0 Å². The van der Waals surface area contributed by atoms with Crippen molar-refractivity contribution in [2.75, 3.05) is 0 Å². The average Bonchev–Trinajstić information content (AvgIpc) is 2.45. The summed E-state index contributed by atoms with van der Waals surface area (Å²) in [6.07, 6.45) is 15.9. The van der Waals surface area contributed by atoms with E-state index in [9.17, 15) is 0 Å². The summed E-state index contributed by atoms with van der Waals surface area (Å²) in [5.41, 5.74) is 4.39. The van der Waals surface area contributed by atoms with Crippen LogP contribution >= 0.6 is 0 Å². The van der Waals surface area contributed by atoms with Gasteiger partial charge in [-0.3, -0.25) is 0 Å². The average molecular weight is 240 g/mol. The van der Waals surface area contributed by atoms with Crippen LogP contribution in [0.15, 0.2) is 42.5 Å². The largest absolute Gasteiger partial charge is 0.0836 e. The van der Waals surface area contributed by atoms with Gasteiger partial charge in [-0.1, -0.05) is 68.7 Å². The minimum atomic E-state index is 1.19.